The maximum atomic E-state index is 12.3. The number of benzene rings is 2. The Morgan fingerprint density at radius 1 is 1.28 bits per heavy atom. The zero-order valence-electron chi connectivity index (χ0n) is 15.5. The van der Waals surface area contributed by atoms with Gasteiger partial charge in [0.1, 0.15) is 17.8 Å². The third kappa shape index (κ3) is 3.98. The first-order valence-electron chi connectivity index (χ1n) is 8.42. The summed E-state index contributed by atoms with van der Waals surface area (Å²) < 4.78 is 40.9. The third-order valence-electron chi connectivity index (χ3n) is 4.33. The molecule has 3 rings (SSSR count). The highest BCUT2D eigenvalue weighted by atomic mass is 32.2. The summed E-state index contributed by atoms with van der Waals surface area (Å²) in [4.78, 5) is 21.4. The molecule has 2 aromatic rings. The van der Waals surface area contributed by atoms with E-state index in [0.29, 0.717) is 11.8 Å². The van der Waals surface area contributed by atoms with Gasteiger partial charge in [0.15, 0.2) is 17.6 Å². The predicted molar refractivity (Wildman–Crippen MR) is 102 cm³/mol. The molecule has 2 aromatic carbocycles. The number of nitrogens with zero attached hydrogens (tertiary/aromatic N) is 1. The minimum atomic E-state index is -4.02. The van der Waals surface area contributed by atoms with Gasteiger partial charge in [-0.25, -0.2) is 0 Å². The number of nitro benzene ring substituents is 1. The number of rotatable bonds is 6. The minimum absolute atomic E-state index is 0.0165. The lowest BCUT2D eigenvalue weighted by Crippen LogP contribution is -2.24. The molecule has 1 aliphatic heterocycles. The van der Waals surface area contributed by atoms with Gasteiger partial charge in [-0.05, 0) is 31.2 Å². The summed E-state index contributed by atoms with van der Waals surface area (Å²) in [6.07, 6.45) is 1.96. The fourth-order valence-corrected chi connectivity index (χ4v) is 3.89. The summed E-state index contributed by atoms with van der Waals surface area (Å²) in [7, 11) is -2.97. The number of hydrogen-bond acceptors (Lipinski definition) is 8. The van der Waals surface area contributed by atoms with Crippen LogP contribution in [0, 0.1) is 17.0 Å². The molecule has 0 saturated heterocycles. The van der Waals surface area contributed by atoms with Crippen LogP contribution >= 0.6 is 0 Å². The van der Waals surface area contributed by atoms with E-state index in [2.05, 4.69) is 4.18 Å². The number of aryl methyl sites for hydroxylation is 1. The van der Waals surface area contributed by atoms with Crippen molar-refractivity contribution in [2.75, 3.05) is 13.7 Å². The first kappa shape index (κ1) is 20.5. The molecule has 0 fully saturated rings. The Morgan fingerprint density at radius 2 is 2.03 bits per heavy atom. The highest BCUT2D eigenvalue weighted by Gasteiger charge is 2.32. The molecule has 0 radical (unpaired) electrons. The standard InChI is InChI=1S/C19H17NO8S/c1-12-5-8-18(29(24,25)26-2)14(10-12)17-11-27-16-7-6-15(20(22)23)13(4-3-9-21)19(16)28-17/h3-10,17H,11H2,1-2H3/t17-/m0/s1. The molecular weight excluding hydrogens is 402 g/mol. The van der Waals surface area contributed by atoms with Crippen LogP contribution < -0.4 is 9.47 Å². The Labute approximate surface area is 166 Å². The van der Waals surface area contributed by atoms with Crippen molar-refractivity contribution in [3.8, 4) is 11.5 Å². The Morgan fingerprint density at radius 3 is 2.69 bits per heavy atom. The maximum Gasteiger partial charge on any atom is 0.297 e. The van der Waals surface area contributed by atoms with Gasteiger partial charge in [0.25, 0.3) is 15.8 Å². The van der Waals surface area contributed by atoms with E-state index in [-0.39, 0.29) is 34.3 Å². The largest absolute Gasteiger partial charge is 0.485 e. The normalized spacial score (nSPS) is 16.0. The monoisotopic (exact) mass is 419 g/mol. The smallest absolute Gasteiger partial charge is 0.297 e. The third-order valence-corrected chi connectivity index (χ3v) is 5.68. The quantitative estimate of drug-likeness (QED) is 0.230. The second-order valence-corrected chi connectivity index (χ2v) is 7.84. The van der Waals surface area contributed by atoms with Crippen molar-refractivity contribution in [1.82, 2.24) is 0 Å². The van der Waals surface area contributed by atoms with Gasteiger partial charge in [-0.2, -0.15) is 8.42 Å². The Hall–Kier alpha value is -3.24. The molecular formula is C19H17NO8S. The lowest BCUT2D eigenvalue weighted by Gasteiger charge is -2.29. The van der Waals surface area contributed by atoms with Crippen LogP contribution in [0.5, 0.6) is 11.5 Å². The van der Waals surface area contributed by atoms with Gasteiger partial charge < -0.3 is 9.47 Å². The van der Waals surface area contributed by atoms with Crippen molar-refractivity contribution in [2.45, 2.75) is 17.9 Å². The molecule has 0 aliphatic carbocycles. The van der Waals surface area contributed by atoms with E-state index in [0.717, 1.165) is 18.7 Å². The average molecular weight is 419 g/mol. The summed E-state index contributed by atoms with van der Waals surface area (Å²) in [6, 6.07) is 7.30. The van der Waals surface area contributed by atoms with Crippen LogP contribution in [0.25, 0.3) is 6.08 Å². The van der Waals surface area contributed by atoms with E-state index in [1.54, 1.807) is 19.1 Å². The number of nitro groups is 1. The van der Waals surface area contributed by atoms with Crippen LogP contribution in [-0.4, -0.2) is 33.3 Å². The van der Waals surface area contributed by atoms with Crippen molar-refractivity contribution in [2.24, 2.45) is 0 Å². The summed E-state index contributed by atoms with van der Waals surface area (Å²) in [5.41, 5.74) is 0.854. The molecule has 0 amide bonds. The Kier molecular flexibility index (Phi) is 5.66. The molecule has 1 heterocycles. The molecule has 0 spiro atoms. The summed E-state index contributed by atoms with van der Waals surface area (Å²) >= 11 is 0. The van der Waals surface area contributed by atoms with Crippen LogP contribution in [0.3, 0.4) is 0 Å². The number of fused-ring (bicyclic) bond motifs is 1. The molecule has 0 aromatic heterocycles. The van der Waals surface area contributed by atoms with Crippen LogP contribution in [0.4, 0.5) is 5.69 Å². The first-order valence-corrected chi connectivity index (χ1v) is 9.83. The number of carbonyl (C=O) groups excluding carboxylic acids is 1. The number of aldehydes is 1. The minimum Gasteiger partial charge on any atom is -0.485 e. The van der Waals surface area contributed by atoms with Gasteiger partial charge in [0.05, 0.1) is 17.6 Å². The molecule has 0 saturated carbocycles. The fraction of sp³-hybridized carbons (Fsp3) is 0.211. The molecule has 0 bridgehead atoms. The lowest BCUT2D eigenvalue weighted by molar-refractivity contribution is -0.385. The molecule has 1 aliphatic rings. The highest BCUT2D eigenvalue weighted by molar-refractivity contribution is 7.86. The van der Waals surface area contributed by atoms with Crippen molar-refractivity contribution >= 4 is 28.2 Å². The van der Waals surface area contributed by atoms with E-state index in [4.69, 9.17) is 9.47 Å². The summed E-state index contributed by atoms with van der Waals surface area (Å²) in [5, 5.41) is 11.4. The number of ether oxygens (including phenoxy) is 2. The number of hydrogen-bond donors (Lipinski definition) is 0. The van der Waals surface area contributed by atoms with Crippen LogP contribution in [0.2, 0.25) is 0 Å². The Balaban J connectivity index is 2.14. The number of carbonyl (C=O) groups is 1. The van der Waals surface area contributed by atoms with E-state index in [1.165, 1.54) is 24.3 Å². The van der Waals surface area contributed by atoms with Gasteiger partial charge in [-0.3, -0.25) is 19.1 Å². The Bertz CT molecular complexity index is 1110. The molecule has 10 heteroatoms. The van der Waals surface area contributed by atoms with Crippen molar-refractivity contribution in [3.63, 3.8) is 0 Å². The van der Waals surface area contributed by atoms with E-state index < -0.39 is 21.1 Å². The van der Waals surface area contributed by atoms with Gasteiger partial charge in [0, 0.05) is 11.6 Å². The molecule has 0 unspecified atom stereocenters. The molecule has 0 N–H and O–H groups in total. The lowest BCUT2D eigenvalue weighted by atomic mass is 10.0. The summed E-state index contributed by atoms with van der Waals surface area (Å²) in [5.74, 6) is 0.303. The van der Waals surface area contributed by atoms with E-state index in [1.807, 2.05) is 0 Å². The maximum absolute atomic E-state index is 12.3. The van der Waals surface area contributed by atoms with Crippen molar-refractivity contribution < 1.29 is 31.8 Å². The topological polar surface area (TPSA) is 122 Å². The fourth-order valence-electron chi connectivity index (χ4n) is 2.99. The first-order chi connectivity index (χ1) is 13.8. The SMILES string of the molecule is COS(=O)(=O)c1ccc(C)cc1[C@@H]1COc2ccc([N+](=O)[O-])c(C=CC=O)c2O1. The van der Waals surface area contributed by atoms with Gasteiger partial charge in [-0.15, -0.1) is 0 Å². The second-order valence-electron chi connectivity index (χ2n) is 6.16. The summed E-state index contributed by atoms with van der Waals surface area (Å²) in [6.45, 7) is 1.77. The molecule has 9 nitrogen and oxygen atoms in total. The van der Waals surface area contributed by atoms with Crippen LogP contribution in [-0.2, 0) is 19.1 Å². The van der Waals surface area contributed by atoms with E-state index in [9.17, 15) is 23.3 Å². The van der Waals surface area contributed by atoms with Gasteiger partial charge >= 0.3 is 0 Å². The zero-order chi connectivity index (χ0) is 21.2. The van der Waals surface area contributed by atoms with Gasteiger partial charge in [-0.1, -0.05) is 17.7 Å². The van der Waals surface area contributed by atoms with E-state index >= 15 is 0 Å². The van der Waals surface area contributed by atoms with Crippen molar-refractivity contribution in [1.29, 1.82) is 0 Å². The predicted octanol–water partition coefficient (Wildman–Crippen LogP) is 2.96. The van der Waals surface area contributed by atoms with Crippen molar-refractivity contribution in [3.05, 3.63) is 63.2 Å². The highest BCUT2D eigenvalue weighted by Crippen LogP contribution is 2.44. The second kappa shape index (κ2) is 8.02. The molecule has 152 valence electrons. The zero-order valence-corrected chi connectivity index (χ0v) is 16.3. The average Bonchev–Trinajstić information content (AvgIpc) is 2.71. The van der Waals surface area contributed by atoms with Crippen LogP contribution in [0.1, 0.15) is 22.8 Å². The molecule has 29 heavy (non-hydrogen) atoms. The van der Waals surface area contributed by atoms with Gasteiger partial charge in [0.2, 0.25) is 0 Å². The molecule has 1 atom stereocenters. The number of allylic oxidation sites excluding steroid dienone is 1. The van der Waals surface area contributed by atoms with Crippen LogP contribution in [0.15, 0.2) is 41.3 Å².